The number of alkyl halides is 3. The molecule has 196 valence electrons. The van der Waals surface area contributed by atoms with E-state index in [1.165, 1.54) is 17.8 Å². The number of anilines is 1. The first-order valence-corrected chi connectivity index (χ1v) is 12.2. The first kappa shape index (κ1) is 25.1. The molecule has 37 heavy (non-hydrogen) atoms. The standard InChI is InChI=1S/C27H29F3N4O3/c1-33-25(14-24(32-33)17-6-8-22(36-2)9-7-17)23-15-34-11-10-18(23)12-21(34)16-37-26(35)31-20-5-3-4-19(13-20)27(28,29)30/h3-9,13-14,18,21,23H,10-12,15-16H2,1-2H3,(H,31,35)/t18-,21+,23-/m0/s1. The molecule has 2 bridgehead atoms. The molecule has 3 fully saturated rings. The van der Waals surface area contributed by atoms with Gasteiger partial charge in [0.25, 0.3) is 0 Å². The van der Waals surface area contributed by atoms with Crippen LogP contribution in [0.25, 0.3) is 11.3 Å². The van der Waals surface area contributed by atoms with Gasteiger partial charge in [-0.25, -0.2) is 4.79 Å². The molecule has 1 amide bonds. The van der Waals surface area contributed by atoms with Gasteiger partial charge in [-0.15, -0.1) is 0 Å². The molecule has 3 saturated heterocycles. The number of carbonyl (C=O) groups is 1. The molecule has 3 aromatic rings. The van der Waals surface area contributed by atoms with E-state index < -0.39 is 17.8 Å². The number of fused-ring (bicyclic) bond motifs is 3. The van der Waals surface area contributed by atoms with E-state index in [1.54, 1.807) is 7.11 Å². The van der Waals surface area contributed by atoms with Gasteiger partial charge in [0.05, 0.1) is 18.4 Å². The van der Waals surface area contributed by atoms with Crippen LogP contribution < -0.4 is 10.1 Å². The van der Waals surface area contributed by atoms with Crippen LogP contribution in [-0.4, -0.2) is 53.6 Å². The Morgan fingerprint density at radius 2 is 1.95 bits per heavy atom. The largest absolute Gasteiger partial charge is 0.497 e. The molecule has 1 unspecified atom stereocenters. The zero-order valence-electron chi connectivity index (χ0n) is 20.7. The molecule has 4 atom stereocenters. The highest BCUT2D eigenvalue weighted by Crippen LogP contribution is 2.42. The Labute approximate surface area is 213 Å². The third-order valence-corrected chi connectivity index (χ3v) is 7.40. The number of aryl methyl sites for hydroxylation is 1. The van der Waals surface area contributed by atoms with Crippen LogP contribution in [0.2, 0.25) is 0 Å². The minimum atomic E-state index is -4.48. The molecule has 0 spiro atoms. The van der Waals surface area contributed by atoms with Gasteiger partial charge in [0, 0.05) is 42.5 Å². The van der Waals surface area contributed by atoms with Crippen LogP contribution in [0.3, 0.4) is 0 Å². The van der Waals surface area contributed by atoms with Gasteiger partial charge in [0.15, 0.2) is 0 Å². The van der Waals surface area contributed by atoms with E-state index >= 15 is 0 Å². The van der Waals surface area contributed by atoms with Crippen molar-refractivity contribution in [2.24, 2.45) is 13.0 Å². The average Bonchev–Trinajstić information content (AvgIpc) is 3.29. The van der Waals surface area contributed by atoms with E-state index in [0.717, 1.165) is 55.1 Å². The molecule has 2 aromatic carbocycles. The Balaban J connectivity index is 1.19. The molecule has 10 heteroatoms. The highest BCUT2D eigenvalue weighted by molar-refractivity contribution is 5.84. The van der Waals surface area contributed by atoms with Crippen molar-refractivity contribution in [2.75, 3.05) is 32.1 Å². The summed E-state index contributed by atoms with van der Waals surface area (Å²) in [5.74, 6) is 1.56. The molecular weight excluding hydrogens is 485 g/mol. The van der Waals surface area contributed by atoms with Crippen LogP contribution in [0, 0.1) is 5.92 Å². The van der Waals surface area contributed by atoms with Crippen molar-refractivity contribution < 1.29 is 27.4 Å². The summed E-state index contributed by atoms with van der Waals surface area (Å²) >= 11 is 0. The smallest absolute Gasteiger partial charge is 0.416 e. The van der Waals surface area contributed by atoms with Crippen molar-refractivity contribution in [1.29, 1.82) is 0 Å². The molecule has 4 heterocycles. The zero-order valence-corrected chi connectivity index (χ0v) is 20.7. The molecule has 1 aromatic heterocycles. The fourth-order valence-electron chi connectivity index (χ4n) is 5.48. The predicted molar refractivity (Wildman–Crippen MR) is 132 cm³/mol. The van der Waals surface area contributed by atoms with Gasteiger partial charge in [0.2, 0.25) is 0 Å². The number of piperidine rings is 3. The van der Waals surface area contributed by atoms with Gasteiger partial charge in [-0.3, -0.25) is 14.9 Å². The zero-order chi connectivity index (χ0) is 26.2. The summed E-state index contributed by atoms with van der Waals surface area (Å²) in [6.07, 6.45) is -3.30. The molecule has 0 radical (unpaired) electrons. The van der Waals surface area contributed by atoms with Gasteiger partial charge in [-0.05, 0) is 73.8 Å². The Morgan fingerprint density at radius 1 is 1.16 bits per heavy atom. The molecule has 3 aliphatic heterocycles. The third-order valence-electron chi connectivity index (χ3n) is 7.40. The number of amides is 1. The van der Waals surface area contributed by atoms with Gasteiger partial charge < -0.3 is 9.47 Å². The first-order valence-electron chi connectivity index (χ1n) is 12.2. The second kappa shape index (κ2) is 10.1. The van der Waals surface area contributed by atoms with E-state index in [1.807, 2.05) is 36.0 Å². The highest BCUT2D eigenvalue weighted by Gasteiger charge is 2.42. The molecule has 3 aliphatic rings. The predicted octanol–water partition coefficient (Wildman–Crippen LogP) is 5.54. The second-order valence-corrected chi connectivity index (χ2v) is 9.65. The topological polar surface area (TPSA) is 68.6 Å². The summed E-state index contributed by atoms with van der Waals surface area (Å²) in [4.78, 5) is 14.6. The van der Waals surface area contributed by atoms with Gasteiger partial charge in [-0.2, -0.15) is 18.3 Å². The number of nitrogens with one attached hydrogen (secondary N) is 1. The summed E-state index contributed by atoms with van der Waals surface area (Å²) in [5.41, 5.74) is 2.36. The molecule has 6 rings (SSSR count). The number of halogens is 3. The number of benzene rings is 2. The Kier molecular flexibility index (Phi) is 6.85. The fraction of sp³-hybridized carbons (Fsp3) is 0.407. The third kappa shape index (κ3) is 5.44. The quantitative estimate of drug-likeness (QED) is 0.468. The maximum absolute atomic E-state index is 12.9. The van der Waals surface area contributed by atoms with Crippen LogP contribution in [0.1, 0.15) is 30.0 Å². The van der Waals surface area contributed by atoms with Gasteiger partial charge >= 0.3 is 12.3 Å². The van der Waals surface area contributed by atoms with Crippen molar-refractivity contribution in [1.82, 2.24) is 14.7 Å². The molecule has 7 nitrogen and oxygen atoms in total. The number of aromatic nitrogens is 2. The normalized spacial score (nSPS) is 23.1. The Morgan fingerprint density at radius 3 is 2.62 bits per heavy atom. The maximum Gasteiger partial charge on any atom is 0.416 e. The second-order valence-electron chi connectivity index (χ2n) is 9.65. The van der Waals surface area contributed by atoms with E-state index in [2.05, 4.69) is 16.3 Å². The van der Waals surface area contributed by atoms with E-state index in [9.17, 15) is 18.0 Å². The summed E-state index contributed by atoms with van der Waals surface area (Å²) in [5, 5.41) is 7.15. The summed E-state index contributed by atoms with van der Waals surface area (Å²) in [7, 11) is 3.61. The number of ether oxygens (including phenoxy) is 2. The van der Waals surface area contributed by atoms with Crippen LogP contribution in [-0.2, 0) is 18.0 Å². The van der Waals surface area contributed by atoms with Gasteiger partial charge in [0.1, 0.15) is 12.4 Å². The lowest BCUT2D eigenvalue weighted by Gasteiger charge is -2.49. The summed E-state index contributed by atoms with van der Waals surface area (Å²) < 4.78 is 51.4. The lowest BCUT2D eigenvalue weighted by atomic mass is 9.74. The summed E-state index contributed by atoms with van der Waals surface area (Å²) in [6.45, 7) is 1.96. The maximum atomic E-state index is 12.9. The Bertz CT molecular complexity index is 1260. The van der Waals surface area contributed by atoms with Gasteiger partial charge in [-0.1, -0.05) is 6.07 Å². The van der Waals surface area contributed by atoms with Crippen molar-refractivity contribution in [3.8, 4) is 17.0 Å². The highest BCUT2D eigenvalue weighted by atomic mass is 19.4. The minimum absolute atomic E-state index is 0.0502. The molecule has 0 aliphatic carbocycles. The lowest BCUT2D eigenvalue weighted by molar-refractivity contribution is -0.137. The number of rotatable bonds is 6. The molecule has 1 N–H and O–H groups in total. The number of nitrogens with zero attached hydrogens (tertiary/aromatic N) is 3. The average molecular weight is 515 g/mol. The summed E-state index contributed by atoms with van der Waals surface area (Å²) in [6, 6.07) is 14.6. The number of hydrogen-bond donors (Lipinski definition) is 1. The van der Waals surface area contributed by atoms with Crippen LogP contribution in [0.5, 0.6) is 5.75 Å². The monoisotopic (exact) mass is 514 g/mol. The van der Waals surface area contributed by atoms with Crippen molar-refractivity contribution >= 4 is 11.8 Å². The lowest BCUT2D eigenvalue weighted by Crippen LogP contribution is -2.54. The molecular formula is C27H29F3N4O3. The number of carbonyl (C=O) groups excluding carboxylic acids is 1. The number of methoxy groups -OCH3 is 1. The van der Waals surface area contributed by atoms with E-state index in [4.69, 9.17) is 14.6 Å². The van der Waals surface area contributed by atoms with Crippen molar-refractivity contribution in [2.45, 2.75) is 31.0 Å². The van der Waals surface area contributed by atoms with E-state index in [-0.39, 0.29) is 18.3 Å². The van der Waals surface area contributed by atoms with Crippen molar-refractivity contribution in [3.05, 3.63) is 65.9 Å². The van der Waals surface area contributed by atoms with Crippen molar-refractivity contribution in [3.63, 3.8) is 0 Å². The Hall–Kier alpha value is -3.53. The first-order chi connectivity index (χ1) is 17.7. The molecule has 0 saturated carbocycles. The van der Waals surface area contributed by atoms with E-state index in [0.29, 0.717) is 11.8 Å². The van der Waals surface area contributed by atoms with Crippen LogP contribution in [0.4, 0.5) is 23.7 Å². The number of hydrogen-bond acceptors (Lipinski definition) is 5. The SMILES string of the molecule is COc1ccc(-c2cc([C@H]3CN4CC[C@H]3C[C@@H]4COC(=O)Nc3cccc(C(F)(F)F)c3)n(C)n2)cc1. The minimum Gasteiger partial charge on any atom is -0.497 e. The van der Waals surface area contributed by atoms with Crippen LogP contribution in [0.15, 0.2) is 54.6 Å². The fourth-order valence-corrected chi connectivity index (χ4v) is 5.48. The van der Waals surface area contributed by atoms with Crippen LogP contribution >= 0.6 is 0 Å².